The number of hydrogen-bond donors (Lipinski definition) is 1. The van der Waals surface area contributed by atoms with Gasteiger partial charge in [-0.15, -0.1) is 0 Å². The van der Waals surface area contributed by atoms with Gasteiger partial charge in [0.1, 0.15) is 0 Å². The third kappa shape index (κ3) is 2.07. The monoisotopic (exact) mass is 279 g/mol. The summed E-state index contributed by atoms with van der Waals surface area (Å²) < 4.78 is 12.6. The van der Waals surface area contributed by atoms with E-state index in [0.717, 1.165) is 18.8 Å². The molecule has 4 rings (SSSR count). The van der Waals surface area contributed by atoms with E-state index in [9.17, 15) is 0 Å². The van der Waals surface area contributed by atoms with Crippen molar-refractivity contribution in [2.75, 3.05) is 0 Å². The van der Waals surface area contributed by atoms with Crippen LogP contribution in [0.5, 0.6) is 0 Å². The average Bonchev–Trinajstić information content (AvgIpc) is 2.63. The molecule has 0 aromatic heterocycles. The second-order valence-electron chi connectivity index (χ2n) is 9.27. The summed E-state index contributed by atoms with van der Waals surface area (Å²) in [5.74, 6) is 1.38. The molecular formula is C16H30BNO2. The summed E-state index contributed by atoms with van der Waals surface area (Å²) >= 11 is 0. The van der Waals surface area contributed by atoms with Crippen LogP contribution in [0.15, 0.2) is 0 Å². The van der Waals surface area contributed by atoms with Crippen LogP contribution in [0.2, 0.25) is 0 Å². The Morgan fingerprint density at radius 2 is 1.90 bits per heavy atom. The minimum atomic E-state index is -0.223. The molecule has 2 N–H and O–H groups in total. The van der Waals surface area contributed by atoms with Crippen molar-refractivity contribution in [3.05, 3.63) is 0 Å². The third-order valence-corrected chi connectivity index (χ3v) is 6.17. The second-order valence-corrected chi connectivity index (χ2v) is 9.27. The quantitative estimate of drug-likeness (QED) is 0.790. The van der Waals surface area contributed by atoms with Crippen LogP contribution in [0.25, 0.3) is 0 Å². The van der Waals surface area contributed by atoms with Gasteiger partial charge in [0.25, 0.3) is 0 Å². The fraction of sp³-hybridized carbons (Fsp3) is 1.00. The van der Waals surface area contributed by atoms with Crippen LogP contribution in [-0.2, 0) is 9.31 Å². The molecule has 5 atom stereocenters. The molecule has 0 spiro atoms. The van der Waals surface area contributed by atoms with Crippen LogP contribution < -0.4 is 5.73 Å². The molecule has 3 nitrogen and oxygen atoms in total. The zero-order valence-electron chi connectivity index (χ0n) is 13.9. The molecule has 2 bridgehead atoms. The van der Waals surface area contributed by atoms with Crippen molar-refractivity contribution < 1.29 is 9.31 Å². The normalized spacial score (nSPS) is 44.0. The lowest BCUT2D eigenvalue weighted by Gasteiger charge is -2.64. The molecule has 0 radical (unpaired) electrons. The van der Waals surface area contributed by atoms with Crippen molar-refractivity contribution in [2.24, 2.45) is 28.4 Å². The highest BCUT2D eigenvalue weighted by Gasteiger charge is 2.68. The van der Waals surface area contributed by atoms with Crippen molar-refractivity contribution in [1.29, 1.82) is 0 Å². The van der Waals surface area contributed by atoms with E-state index < -0.39 is 0 Å². The van der Waals surface area contributed by atoms with Gasteiger partial charge in [0, 0.05) is 5.94 Å². The van der Waals surface area contributed by atoms with E-state index in [0.29, 0.717) is 11.3 Å². The van der Waals surface area contributed by atoms with Crippen LogP contribution in [0.4, 0.5) is 0 Å². The first kappa shape index (κ1) is 14.9. The molecule has 4 fully saturated rings. The summed E-state index contributed by atoms with van der Waals surface area (Å²) in [6.07, 6.45) is 3.61. The Labute approximate surface area is 124 Å². The van der Waals surface area contributed by atoms with Crippen LogP contribution in [0.1, 0.15) is 60.8 Å². The maximum Gasteiger partial charge on any atom is 0.475 e. The van der Waals surface area contributed by atoms with E-state index in [2.05, 4.69) is 41.5 Å². The van der Waals surface area contributed by atoms with E-state index >= 15 is 0 Å². The lowest BCUT2D eigenvalue weighted by molar-refractivity contribution is -0.199. The Bertz CT molecular complexity index is 406. The molecule has 3 aliphatic carbocycles. The summed E-state index contributed by atoms with van der Waals surface area (Å²) in [4.78, 5) is 0. The van der Waals surface area contributed by atoms with E-state index in [4.69, 9.17) is 15.0 Å². The van der Waals surface area contributed by atoms with Crippen molar-refractivity contribution in [1.82, 2.24) is 0 Å². The van der Waals surface area contributed by atoms with Gasteiger partial charge in [-0.3, -0.25) is 0 Å². The molecule has 1 aliphatic heterocycles. The molecule has 3 saturated carbocycles. The minimum Gasteiger partial charge on any atom is -0.404 e. The zero-order chi connectivity index (χ0) is 14.9. The topological polar surface area (TPSA) is 44.5 Å². The molecule has 20 heavy (non-hydrogen) atoms. The maximum atomic E-state index is 6.40. The highest BCUT2D eigenvalue weighted by Crippen LogP contribution is 2.65. The highest BCUT2D eigenvalue weighted by atomic mass is 16.7. The second kappa shape index (κ2) is 4.24. The molecule has 1 heterocycles. The molecule has 4 aliphatic rings. The van der Waals surface area contributed by atoms with Crippen molar-refractivity contribution >= 4 is 7.12 Å². The smallest absolute Gasteiger partial charge is 0.404 e. The SMILES string of the molecule is CC(C)(C)CC(N)B1OC2CC3CC(C3(C)C)[C@]2(C)O1. The molecule has 4 heteroatoms. The predicted octanol–water partition coefficient (Wildman–Crippen LogP) is 3.02. The van der Waals surface area contributed by atoms with E-state index in [1.165, 1.54) is 6.42 Å². The van der Waals surface area contributed by atoms with Crippen LogP contribution in [0.3, 0.4) is 0 Å². The van der Waals surface area contributed by atoms with Gasteiger partial charge >= 0.3 is 7.12 Å². The Hall–Kier alpha value is -0.0551. The minimum absolute atomic E-state index is 0.0299. The Morgan fingerprint density at radius 3 is 2.45 bits per heavy atom. The summed E-state index contributed by atoms with van der Waals surface area (Å²) in [7, 11) is -0.223. The molecule has 4 unspecified atom stereocenters. The van der Waals surface area contributed by atoms with Gasteiger partial charge in [-0.25, -0.2) is 0 Å². The Morgan fingerprint density at radius 1 is 1.25 bits per heavy atom. The molecule has 1 saturated heterocycles. The predicted molar refractivity (Wildman–Crippen MR) is 82.2 cm³/mol. The average molecular weight is 279 g/mol. The lowest BCUT2D eigenvalue weighted by Crippen LogP contribution is -2.65. The summed E-state index contributed by atoms with van der Waals surface area (Å²) in [6.45, 7) is 13.7. The number of nitrogens with two attached hydrogens (primary N) is 1. The van der Waals surface area contributed by atoms with Crippen LogP contribution in [0, 0.1) is 22.7 Å². The van der Waals surface area contributed by atoms with Gasteiger partial charge in [0.15, 0.2) is 0 Å². The van der Waals surface area contributed by atoms with Gasteiger partial charge in [0.2, 0.25) is 0 Å². The standard InChI is InChI=1S/C16H30BNO2/c1-14(2,3)9-13(18)17-19-12-8-10-7-11(15(10,4)5)16(12,6)20-17/h10-13H,7-9,18H2,1-6H3/t10?,11?,12?,13?,16-/m0/s1. The first-order chi connectivity index (χ1) is 9.04. The zero-order valence-corrected chi connectivity index (χ0v) is 13.9. The van der Waals surface area contributed by atoms with Crippen LogP contribution in [-0.4, -0.2) is 24.8 Å². The lowest BCUT2D eigenvalue weighted by atomic mass is 9.43. The fourth-order valence-electron chi connectivity index (χ4n) is 4.89. The van der Waals surface area contributed by atoms with E-state index in [1.54, 1.807) is 0 Å². The maximum absolute atomic E-state index is 6.40. The van der Waals surface area contributed by atoms with Crippen molar-refractivity contribution in [2.45, 2.75) is 78.5 Å². The first-order valence-electron chi connectivity index (χ1n) is 8.13. The highest BCUT2D eigenvalue weighted by molar-refractivity contribution is 6.47. The fourth-order valence-corrected chi connectivity index (χ4v) is 4.89. The van der Waals surface area contributed by atoms with Gasteiger partial charge in [-0.2, -0.15) is 0 Å². The molecular weight excluding hydrogens is 249 g/mol. The first-order valence-corrected chi connectivity index (χ1v) is 8.13. The van der Waals surface area contributed by atoms with Gasteiger partial charge < -0.3 is 15.0 Å². The van der Waals surface area contributed by atoms with E-state index in [1.807, 2.05) is 0 Å². The van der Waals surface area contributed by atoms with Crippen molar-refractivity contribution in [3.63, 3.8) is 0 Å². The van der Waals surface area contributed by atoms with Gasteiger partial charge in [-0.1, -0.05) is 34.6 Å². The summed E-state index contributed by atoms with van der Waals surface area (Å²) in [6, 6.07) is 0. The van der Waals surface area contributed by atoms with Crippen LogP contribution >= 0.6 is 0 Å². The van der Waals surface area contributed by atoms with Gasteiger partial charge in [-0.05, 0) is 48.9 Å². The molecule has 0 aromatic carbocycles. The molecule has 114 valence electrons. The number of hydrogen-bond acceptors (Lipinski definition) is 3. The van der Waals surface area contributed by atoms with Crippen molar-refractivity contribution in [3.8, 4) is 0 Å². The van der Waals surface area contributed by atoms with Gasteiger partial charge in [0.05, 0.1) is 11.7 Å². The number of rotatable bonds is 2. The largest absolute Gasteiger partial charge is 0.475 e. The Kier molecular flexibility index (Phi) is 3.15. The molecule has 0 amide bonds. The molecule has 0 aromatic rings. The summed E-state index contributed by atoms with van der Waals surface area (Å²) in [5, 5.41) is 0. The Balaban J connectivity index is 1.73. The van der Waals surface area contributed by atoms with E-state index in [-0.39, 0.29) is 30.2 Å². The summed E-state index contributed by atoms with van der Waals surface area (Å²) in [5.41, 5.74) is 6.84. The third-order valence-electron chi connectivity index (χ3n) is 6.17.